The first-order chi connectivity index (χ1) is 8.95. The number of hydrogen-bond donors (Lipinski definition) is 1. The molecule has 0 saturated heterocycles. The minimum Gasteiger partial charge on any atom is -0.379 e. The summed E-state index contributed by atoms with van der Waals surface area (Å²) in [4.78, 5) is 12.0. The first-order valence-corrected chi connectivity index (χ1v) is 6.96. The van der Waals surface area contributed by atoms with E-state index in [0.717, 1.165) is 6.42 Å². The van der Waals surface area contributed by atoms with Crippen LogP contribution in [-0.4, -0.2) is 15.8 Å². The molecule has 1 unspecified atom stereocenters. The summed E-state index contributed by atoms with van der Waals surface area (Å²) in [5, 5.41) is 7.69. The van der Waals surface area contributed by atoms with Crippen LogP contribution in [0.4, 0.5) is 5.69 Å². The second-order valence-corrected chi connectivity index (χ2v) is 6.10. The molecule has 19 heavy (non-hydrogen) atoms. The van der Waals surface area contributed by atoms with Gasteiger partial charge in [0.1, 0.15) is 5.02 Å². The number of halogens is 1. The number of aromatic nitrogens is 2. The number of nitrogens with zero attached hydrogens (tertiary/aromatic N) is 2. The number of allylic oxidation sites excluding steroid dienone is 1. The summed E-state index contributed by atoms with van der Waals surface area (Å²) in [5.74, 6) is 0. The molecule has 0 radical (unpaired) electrons. The zero-order valence-corrected chi connectivity index (χ0v) is 12.2. The van der Waals surface area contributed by atoms with Gasteiger partial charge in [0.2, 0.25) is 0 Å². The van der Waals surface area contributed by atoms with Crippen molar-refractivity contribution in [1.82, 2.24) is 9.78 Å². The molecule has 1 heterocycles. The molecule has 0 aromatic carbocycles. The first kappa shape index (κ1) is 14.1. The zero-order chi connectivity index (χ0) is 14.0. The van der Waals surface area contributed by atoms with Crippen molar-refractivity contribution in [3.63, 3.8) is 0 Å². The van der Waals surface area contributed by atoms with Crippen LogP contribution in [0, 0.1) is 5.41 Å². The van der Waals surface area contributed by atoms with Crippen molar-refractivity contribution < 1.29 is 0 Å². The third-order valence-corrected chi connectivity index (χ3v) is 4.24. The summed E-state index contributed by atoms with van der Waals surface area (Å²) in [6.07, 6.45) is 6.73. The van der Waals surface area contributed by atoms with Crippen LogP contribution >= 0.6 is 11.6 Å². The third kappa shape index (κ3) is 2.84. The van der Waals surface area contributed by atoms with E-state index >= 15 is 0 Å². The van der Waals surface area contributed by atoms with E-state index in [1.54, 1.807) is 12.3 Å². The molecule has 104 valence electrons. The van der Waals surface area contributed by atoms with E-state index in [4.69, 9.17) is 11.6 Å². The average molecular weight is 282 g/mol. The monoisotopic (exact) mass is 281 g/mol. The standard InChI is InChI=1S/C14H20ClN3O/c1-4-8-18-13(19)12(15)10(9-16-18)17-11-6-5-7-14(11,2)3/h4,9,11,17H,1,5-8H2,2-3H3. The van der Waals surface area contributed by atoms with Crippen molar-refractivity contribution in [2.24, 2.45) is 5.41 Å². The Hall–Kier alpha value is -1.29. The van der Waals surface area contributed by atoms with Gasteiger partial charge < -0.3 is 5.32 Å². The number of nitrogens with one attached hydrogen (secondary N) is 1. The Kier molecular flexibility index (Phi) is 3.99. The molecule has 1 atom stereocenters. The molecule has 1 N–H and O–H groups in total. The maximum atomic E-state index is 12.0. The van der Waals surface area contributed by atoms with Crippen LogP contribution < -0.4 is 10.9 Å². The lowest BCUT2D eigenvalue weighted by atomic mass is 9.87. The van der Waals surface area contributed by atoms with Crippen LogP contribution in [0.15, 0.2) is 23.6 Å². The van der Waals surface area contributed by atoms with Gasteiger partial charge in [0.05, 0.1) is 18.4 Å². The van der Waals surface area contributed by atoms with Gasteiger partial charge in [-0.3, -0.25) is 4.79 Å². The Morgan fingerprint density at radius 2 is 2.42 bits per heavy atom. The lowest BCUT2D eigenvalue weighted by Gasteiger charge is -2.28. The molecule has 0 spiro atoms. The van der Waals surface area contributed by atoms with Gasteiger partial charge in [-0.15, -0.1) is 6.58 Å². The van der Waals surface area contributed by atoms with Crippen molar-refractivity contribution in [2.45, 2.75) is 45.7 Å². The van der Waals surface area contributed by atoms with Crippen LogP contribution in [0.5, 0.6) is 0 Å². The fourth-order valence-electron chi connectivity index (χ4n) is 2.60. The van der Waals surface area contributed by atoms with Crippen molar-refractivity contribution in [1.29, 1.82) is 0 Å². The van der Waals surface area contributed by atoms with Gasteiger partial charge in [0, 0.05) is 6.04 Å². The predicted octanol–water partition coefficient (Wildman–Crippen LogP) is 3.07. The third-order valence-electron chi connectivity index (χ3n) is 3.87. The summed E-state index contributed by atoms with van der Waals surface area (Å²) in [6.45, 7) is 8.43. The molecule has 1 aromatic heterocycles. The second kappa shape index (κ2) is 5.37. The quantitative estimate of drug-likeness (QED) is 0.863. The van der Waals surface area contributed by atoms with E-state index in [1.165, 1.54) is 17.5 Å². The van der Waals surface area contributed by atoms with Gasteiger partial charge in [-0.2, -0.15) is 5.10 Å². The highest BCUT2D eigenvalue weighted by atomic mass is 35.5. The van der Waals surface area contributed by atoms with Crippen LogP contribution in [0.3, 0.4) is 0 Å². The molecular weight excluding hydrogens is 262 g/mol. The Bertz CT molecular complexity index is 536. The molecule has 1 aromatic rings. The smallest absolute Gasteiger partial charge is 0.287 e. The number of hydrogen-bond acceptors (Lipinski definition) is 3. The maximum absolute atomic E-state index is 12.0. The van der Waals surface area contributed by atoms with Crippen molar-refractivity contribution >= 4 is 17.3 Å². The van der Waals surface area contributed by atoms with Gasteiger partial charge in [0.25, 0.3) is 5.56 Å². The Morgan fingerprint density at radius 3 is 3.00 bits per heavy atom. The molecule has 0 amide bonds. The van der Waals surface area contributed by atoms with Gasteiger partial charge in [-0.25, -0.2) is 4.68 Å². The number of rotatable bonds is 4. The molecule has 0 aliphatic heterocycles. The second-order valence-electron chi connectivity index (χ2n) is 5.73. The van der Waals surface area contributed by atoms with Gasteiger partial charge in [0.15, 0.2) is 0 Å². The SMILES string of the molecule is C=CCn1ncc(NC2CCCC2(C)C)c(Cl)c1=O. The Morgan fingerprint density at radius 1 is 1.68 bits per heavy atom. The first-order valence-electron chi connectivity index (χ1n) is 6.59. The lowest BCUT2D eigenvalue weighted by molar-refractivity contribution is 0.350. The molecule has 4 nitrogen and oxygen atoms in total. The summed E-state index contributed by atoms with van der Waals surface area (Å²) < 4.78 is 1.31. The van der Waals surface area contributed by atoms with Gasteiger partial charge >= 0.3 is 0 Å². The normalized spacial score (nSPS) is 21.3. The molecule has 2 rings (SSSR count). The van der Waals surface area contributed by atoms with E-state index in [0.29, 0.717) is 18.3 Å². The number of anilines is 1. The fourth-order valence-corrected chi connectivity index (χ4v) is 2.80. The Balaban J connectivity index is 2.25. The topological polar surface area (TPSA) is 46.9 Å². The summed E-state index contributed by atoms with van der Waals surface area (Å²) in [5.41, 5.74) is 0.577. The van der Waals surface area contributed by atoms with Crippen LogP contribution in [0.1, 0.15) is 33.1 Å². The predicted molar refractivity (Wildman–Crippen MR) is 78.7 cm³/mol. The molecule has 5 heteroatoms. The van der Waals surface area contributed by atoms with Crippen molar-refractivity contribution in [2.75, 3.05) is 5.32 Å². The van der Waals surface area contributed by atoms with Gasteiger partial charge in [-0.05, 0) is 18.3 Å². The molecule has 1 aliphatic rings. The largest absolute Gasteiger partial charge is 0.379 e. The van der Waals surface area contributed by atoms with Gasteiger partial charge in [-0.1, -0.05) is 37.9 Å². The average Bonchev–Trinajstić information content (AvgIpc) is 2.68. The molecule has 0 bridgehead atoms. The highest BCUT2D eigenvalue weighted by molar-refractivity contribution is 6.32. The van der Waals surface area contributed by atoms with Crippen molar-refractivity contribution in [3.8, 4) is 0 Å². The summed E-state index contributed by atoms with van der Waals surface area (Å²) in [7, 11) is 0. The maximum Gasteiger partial charge on any atom is 0.287 e. The van der Waals surface area contributed by atoms with Crippen LogP contribution in [0.2, 0.25) is 5.02 Å². The van der Waals surface area contributed by atoms with E-state index in [1.807, 2.05) is 0 Å². The molecule has 1 fully saturated rings. The summed E-state index contributed by atoms with van der Waals surface area (Å²) in [6, 6.07) is 0.335. The Labute approximate surface area is 118 Å². The zero-order valence-electron chi connectivity index (χ0n) is 11.4. The highest BCUT2D eigenvalue weighted by Gasteiger charge is 2.34. The van der Waals surface area contributed by atoms with E-state index in [2.05, 4.69) is 30.8 Å². The van der Waals surface area contributed by atoms with Crippen LogP contribution in [-0.2, 0) is 6.54 Å². The molecule has 1 aliphatic carbocycles. The van der Waals surface area contributed by atoms with Crippen LogP contribution in [0.25, 0.3) is 0 Å². The fraction of sp³-hybridized carbons (Fsp3) is 0.571. The van der Waals surface area contributed by atoms with Crippen molar-refractivity contribution in [3.05, 3.63) is 34.2 Å². The van der Waals surface area contributed by atoms with E-state index in [-0.39, 0.29) is 16.0 Å². The highest BCUT2D eigenvalue weighted by Crippen LogP contribution is 2.39. The molecular formula is C14H20ClN3O. The lowest BCUT2D eigenvalue weighted by Crippen LogP contribution is -2.32. The van der Waals surface area contributed by atoms with E-state index < -0.39 is 0 Å². The van der Waals surface area contributed by atoms with E-state index in [9.17, 15) is 4.79 Å². The minimum absolute atomic E-state index is 0.208. The molecule has 1 saturated carbocycles. The summed E-state index contributed by atoms with van der Waals surface area (Å²) >= 11 is 6.14. The minimum atomic E-state index is -0.276.